The van der Waals surface area contributed by atoms with Gasteiger partial charge < -0.3 is 28.6 Å². The van der Waals surface area contributed by atoms with Crippen molar-refractivity contribution in [3.8, 4) is 5.75 Å². The van der Waals surface area contributed by atoms with Crippen LogP contribution in [0.3, 0.4) is 0 Å². The van der Waals surface area contributed by atoms with Crippen molar-refractivity contribution < 1.29 is 27.4 Å². The van der Waals surface area contributed by atoms with E-state index in [1.54, 1.807) is 23.3 Å². The highest BCUT2D eigenvalue weighted by Crippen LogP contribution is 2.39. The van der Waals surface area contributed by atoms with E-state index in [9.17, 15) is 13.2 Å². The standard InChI is InChI=1S/C33H30ClF3N6O3/c34-30-31(40-27-6-2-1-5-26(27)39-30)43-17-15-42(16-18-43)28-7-3-4-8-29(28)44-19-25-20-45-32(46-25,21-41-14-13-38-22-41)23-9-11-24(12-10-23)33(35,36)37/h1-14,22,25H,15-21H2. The minimum absolute atomic E-state index is 0.186. The van der Waals surface area contributed by atoms with Crippen LogP contribution in [0.4, 0.5) is 24.7 Å². The molecule has 2 fully saturated rings. The number of fused-ring (bicyclic) bond motifs is 1. The molecule has 5 aromatic rings. The number of piperazine rings is 1. The lowest BCUT2D eigenvalue weighted by molar-refractivity contribution is -0.189. The topological polar surface area (TPSA) is 77.8 Å². The molecule has 0 radical (unpaired) electrons. The van der Waals surface area contributed by atoms with Crippen LogP contribution in [-0.4, -0.2) is 65.0 Å². The summed E-state index contributed by atoms with van der Waals surface area (Å²) in [5.41, 5.74) is 2.25. The van der Waals surface area contributed by atoms with Crippen molar-refractivity contribution in [1.29, 1.82) is 0 Å². The summed E-state index contributed by atoms with van der Waals surface area (Å²) in [7, 11) is 0. The van der Waals surface area contributed by atoms with Crippen molar-refractivity contribution in [2.24, 2.45) is 0 Å². The number of alkyl halides is 3. The van der Waals surface area contributed by atoms with Gasteiger partial charge in [0.2, 0.25) is 5.79 Å². The molecular weight excluding hydrogens is 621 g/mol. The minimum Gasteiger partial charge on any atom is -0.489 e. The molecule has 0 saturated carbocycles. The summed E-state index contributed by atoms with van der Waals surface area (Å²) in [6, 6.07) is 20.4. The number of ether oxygens (including phenoxy) is 3. The summed E-state index contributed by atoms with van der Waals surface area (Å²) in [4.78, 5) is 17.8. The van der Waals surface area contributed by atoms with E-state index in [0.29, 0.717) is 35.4 Å². The maximum Gasteiger partial charge on any atom is 0.416 e. The highest BCUT2D eigenvalue weighted by molar-refractivity contribution is 6.32. The van der Waals surface area contributed by atoms with E-state index in [1.165, 1.54) is 12.1 Å². The van der Waals surface area contributed by atoms with Gasteiger partial charge in [0.15, 0.2) is 11.0 Å². The molecule has 46 heavy (non-hydrogen) atoms. The van der Waals surface area contributed by atoms with E-state index in [-0.39, 0.29) is 19.8 Å². The molecule has 13 heteroatoms. The molecule has 0 N–H and O–H groups in total. The van der Waals surface area contributed by atoms with Crippen molar-refractivity contribution in [3.05, 3.63) is 108 Å². The van der Waals surface area contributed by atoms with E-state index in [1.807, 2.05) is 48.5 Å². The lowest BCUT2D eigenvalue weighted by Gasteiger charge is -2.37. The molecule has 2 atom stereocenters. The molecule has 2 unspecified atom stereocenters. The zero-order chi connectivity index (χ0) is 31.7. The summed E-state index contributed by atoms with van der Waals surface area (Å²) in [6.07, 6.45) is 0.0693. The van der Waals surface area contributed by atoms with Gasteiger partial charge in [-0.25, -0.2) is 15.0 Å². The lowest BCUT2D eigenvalue weighted by Crippen LogP contribution is -2.47. The monoisotopic (exact) mass is 650 g/mol. The number of anilines is 2. The quantitative estimate of drug-likeness (QED) is 0.197. The molecule has 9 nitrogen and oxygen atoms in total. The SMILES string of the molecule is FC(F)(F)c1ccc(C2(Cn3ccnc3)OCC(COc3ccccc3N3CCN(c4nc5ccccc5nc4Cl)CC3)O2)cc1. The number of hydrogen-bond donors (Lipinski definition) is 0. The molecule has 0 aliphatic carbocycles. The van der Waals surface area contributed by atoms with Crippen LogP contribution in [0, 0.1) is 0 Å². The Labute approximate surface area is 268 Å². The summed E-state index contributed by atoms with van der Waals surface area (Å²) in [5, 5.41) is 0.384. The Hall–Kier alpha value is -4.39. The first-order valence-electron chi connectivity index (χ1n) is 14.9. The minimum atomic E-state index is -4.44. The van der Waals surface area contributed by atoms with Crippen LogP contribution >= 0.6 is 11.6 Å². The zero-order valence-corrected chi connectivity index (χ0v) is 25.4. The number of aromatic nitrogens is 4. The first-order chi connectivity index (χ1) is 22.3. The van der Waals surface area contributed by atoms with Crippen molar-refractivity contribution in [3.63, 3.8) is 0 Å². The summed E-state index contributed by atoms with van der Waals surface area (Å²) >= 11 is 6.52. The van der Waals surface area contributed by atoms with Gasteiger partial charge in [-0.15, -0.1) is 0 Å². The molecule has 238 valence electrons. The van der Waals surface area contributed by atoms with Gasteiger partial charge in [0.1, 0.15) is 18.5 Å². The number of nitrogens with zero attached hydrogens (tertiary/aromatic N) is 6. The van der Waals surface area contributed by atoms with Crippen LogP contribution in [-0.2, 0) is 28.0 Å². The molecule has 3 aromatic carbocycles. The molecular formula is C33H30ClF3N6O3. The first kappa shape index (κ1) is 30.3. The Balaban J connectivity index is 1.03. The van der Waals surface area contributed by atoms with Crippen molar-refractivity contribution in [1.82, 2.24) is 19.5 Å². The van der Waals surface area contributed by atoms with Crippen molar-refractivity contribution >= 4 is 34.1 Å². The highest BCUT2D eigenvalue weighted by atomic mass is 35.5. The fraction of sp³-hybridized carbons (Fsp3) is 0.303. The molecule has 0 amide bonds. The number of hydrogen-bond acceptors (Lipinski definition) is 8. The largest absolute Gasteiger partial charge is 0.489 e. The van der Waals surface area contributed by atoms with E-state index in [2.05, 4.69) is 19.8 Å². The molecule has 0 spiro atoms. The van der Waals surface area contributed by atoms with Crippen LogP contribution in [0.1, 0.15) is 11.1 Å². The Morgan fingerprint density at radius 1 is 0.891 bits per heavy atom. The number of halogens is 4. The summed E-state index contributed by atoms with van der Waals surface area (Å²) in [6.45, 7) is 3.43. The first-order valence-corrected chi connectivity index (χ1v) is 15.2. The van der Waals surface area contributed by atoms with Crippen LogP contribution in [0.25, 0.3) is 11.0 Å². The van der Waals surface area contributed by atoms with Gasteiger partial charge in [-0.05, 0) is 36.4 Å². The Bertz CT molecular complexity index is 1800. The molecule has 2 aliphatic rings. The van der Waals surface area contributed by atoms with E-state index in [4.69, 9.17) is 30.8 Å². The third kappa shape index (κ3) is 6.20. The van der Waals surface area contributed by atoms with E-state index >= 15 is 0 Å². The molecule has 4 heterocycles. The van der Waals surface area contributed by atoms with Gasteiger partial charge in [-0.2, -0.15) is 13.2 Å². The third-order valence-corrected chi connectivity index (χ3v) is 8.44. The fourth-order valence-corrected chi connectivity index (χ4v) is 6.11. The van der Waals surface area contributed by atoms with E-state index < -0.39 is 23.6 Å². The molecule has 7 rings (SSSR count). The second kappa shape index (κ2) is 12.4. The Kier molecular flexibility index (Phi) is 8.18. The maximum absolute atomic E-state index is 13.2. The van der Waals surface area contributed by atoms with Crippen molar-refractivity contribution in [2.75, 3.05) is 49.2 Å². The van der Waals surface area contributed by atoms with Crippen LogP contribution in [0.5, 0.6) is 5.75 Å². The van der Waals surface area contributed by atoms with Gasteiger partial charge in [-0.1, -0.05) is 48.0 Å². The molecule has 0 bridgehead atoms. The van der Waals surface area contributed by atoms with Crippen LogP contribution < -0.4 is 14.5 Å². The Morgan fingerprint density at radius 3 is 2.30 bits per heavy atom. The second-order valence-corrected chi connectivity index (χ2v) is 11.6. The van der Waals surface area contributed by atoms with Gasteiger partial charge in [-0.3, -0.25) is 0 Å². The van der Waals surface area contributed by atoms with Crippen LogP contribution in [0.15, 0.2) is 91.5 Å². The van der Waals surface area contributed by atoms with Crippen molar-refractivity contribution in [2.45, 2.75) is 24.6 Å². The Morgan fingerprint density at radius 2 is 1.59 bits per heavy atom. The highest BCUT2D eigenvalue weighted by Gasteiger charge is 2.44. The third-order valence-electron chi connectivity index (χ3n) is 8.18. The number of rotatable bonds is 8. The van der Waals surface area contributed by atoms with Gasteiger partial charge in [0.05, 0.1) is 41.8 Å². The number of benzene rings is 3. The molecule has 2 aromatic heterocycles. The molecule has 2 saturated heterocycles. The average Bonchev–Trinajstić information content (AvgIpc) is 3.74. The summed E-state index contributed by atoms with van der Waals surface area (Å²) < 4.78 is 60.4. The lowest BCUT2D eigenvalue weighted by atomic mass is 10.0. The predicted molar refractivity (Wildman–Crippen MR) is 167 cm³/mol. The fourth-order valence-electron chi connectivity index (χ4n) is 5.86. The normalized spacial score (nSPS) is 20.4. The van der Waals surface area contributed by atoms with Gasteiger partial charge in [0, 0.05) is 44.1 Å². The average molecular weight is 651 g/mol. The van der Waals surface area contributed by atoms with E-state index in [0.717, 1.165) is 41.9 Å². The number of para-hydroxylation sites is 4. The number of imidazole rings is 1. The molecule has 2 aliphatic heterocycles. The summed E-state index contributed by atoms with van der Waals surface area (Å²) in [5.74, 6) is 0.0709. The zero-order valence-electron chi connectivity index (χ0n) is 24.6. The predicted octanol–water partition coefficient (Wildman–Crippen LogP) is 6.17. The van der Waals surface area contributed by atoms with Gasteiger partial charge >= 0.3 is 6.18 Å². The van der Waals surface area contributed by atoms with Crippen LogP contribution in [0.2, 0.25) is 5.15 Å². The van der Waals surface area contributed by atoms with Gasteiger partial charge in [0.25, 0.3) is 0 Å². The maximum atomic E-state index is 13.2. The smallest absolute Gasteiger partial charge is 0.416 e. The second-order valence-electron chi connectivity index (χ2n) is 11.2.